The molecule has 3 N–H and O–H groups in total. The van der Waals surface area contributed by atoms with Crippen LogP contribution in [0.5, 0.6) is 0 Å². The molecule has 0 amide bonds. The van der Waals surface area contributed by atoms with Gasteiger partial charge in [0.1, 0.15) is 5.82 Å². The highest BCUT2D eigenvalue weighted by molar-refractivity contribution is 5.49. The Balaban J connectivity index is 1.92. The van der Waals surface area contributed by atoms with E-state index in [0.29, 0.717) is 5.82 Å². The molecule has 5 heteroatoms. The molecule has 1 aromatic heterocycles. The summed E-state index contributed by atoms with van der Waals surface area (Å²) in [5.74, 6) is 1.52. The second-order valence-corrected chi connectivity index (χ2v) is 4.78. The zero-order valence-corrected chi connectivity index (χ0v) is 10.1. The Labute approximate surface area is 101 Å². The van der Waals surface area contributed by atoms with Gasteiger partial charge in [-0.3, -0.25) is 0 Å². The second-order valence-electron chi connectivity index (χ2n) is 4.78. The van der Waals surface area contributed by atoms with E-state index in [4.69, 9.17) is 10.7 Å². The molecular formula is C12H19N5. The molecule has 1 saturated heterocycles. The van der Waals surface area contributed by atoms with Crippen LogP contribution in [-0.4, -0.2) is 36.1 Å². The van der Waals surface area contributed by atoms with Crippen molar-refractivity contribution >= 4 is 11.8 Å². The Morgan fingerprint density at radius 3 is 2.65 bits per heavy atom. The van der Waals surface area contributed by atoms with E-state index in [1.54, 1.807) is 0 Å². The van der Waals surface area contributed by atoms with Crippen LogP contribution in [0, 0.1) is 0 Å². The monoisotopic (exact) mass is 233 g/mol. The summed E-state index contributed by atoms with van der Waals surface area (Å²) in [6.07, 6.45) is 4.54. The summed E-state index contributed by atoms with van der Waals surface area (Å²) < 4.78 is 0. The van der Waals surface area contributed by atoms with Crippen molar-refractivity contribution in [2.24, 2.45) is 0 Å². The number of hydrogen-bond acceptors (Lipinski definition) is 5. The summed E-state index contributed by atoms with van der Waals surface area (Å²) in [6.45, 7) is 3.94. The van der Waals surface area contributed by atoms with Crippen molar-refractivity contribution in [2.45, 2.75) is 25.7 Å². The number of nitrogen functional groups attached to an aromatic ring is 1. The van der Waals surface area contributed by atoms with Crippen LogP contribution in [-0.2, 0) is 12.8 Å². The average Bonchev–Trinajstić information content (AvgIpc) is 2.40. The Morgan fingerprint density at radius 2 is 1.82 bits per heavy atom. The Hall–Kier alpha value is -1.36. The van der Waals surface area contributed by atoms with E-state index in [-0.39, 0.29) is 0 Å². The molecule has 1 aliphatic heterocycles. The van der Waals surface area contributed by atoms with Crippen molar-refractivity contribution in [2.75, 3.05) is 36.8 Å². The van der Waals surface area contributed by atoms with E-state index >= 15 is 0 Å². The van der Waals surface area contributed by atoms with E-state index in [9.17, 15) is 0 Å². The topological polar surface area (TPSA) is 67.1 Å². The maximum Gasteiger partial charge on any atom is 0.227 e. The van der Waals surface area contributed by atoms with Crippen LogP contribution in [0.1, 0.15) is 24.1 Å². The number of anilines is 2. The first kappa shape index (κ1) is 10.8. The van der Waals surface area contributed by atoms with Crippen LogP contribution in [0.2, 0.25) is 0 Å². The number of hydrogen-bond donors (Lipinski definition) is 2. The maximum absolute atomic E-state index is 6.06. The van der Waals surface area contributed by atoms with E-state index < -0.39 is 0 Å². The number of nitrogens with zero attached hydrogens (tertiary/aromatic N) is 3. The first-order valence-electron chi connectivity index (χ1n) is 6.45. The number of rotatable bonds is 1. The first-order valence-corrected chi connectivity index (χ1v) is 6.45. The van der Waals surface area contributed by atoms with E-state index in [0.717, 1.165) is 45.0 Å². The molecule has 17 heavy (non-hydrogen) atoms. The molecule has 1 aliphatic carbocycles. The number of fused-ring (bicyclic) bond motifs is 1. The fourth-order valence-corrected chi connectivity index (χ4v) is 2.62. The van der Waals surface area contributed by atoms with Crippen molar-refractivity contribution < 1.29 is 0 Å². The van der Waals surface area contributed by atoms with Crippen molar-refractivity contribution in [3.63, 3.8) is 0 Å². The minimum absolute atomic E-state index is 0.697. The van der Waals surface area contributed by atoms with Crippen molar-refractivity contribution in [3.05, 3.63) is 11.3 Å². The summed E-state index contributed by atoms with van der Waals surface area (Å²) in [7, 11) is 0. The number of aryl methyl sites for hydroxylation is 1. The van der Waals surface area contributed by atoms with Gasteiger partial charge >= 0.3 is 0 Å². The third-order valence-corrected chi connectivity index (χ3v) is 3.60. The van der Waals surface area contributed by atoms with Gasteiger partial charge in [0.05, 0.1) is 5.69 Å². The molecule has 0 saturated carbocycles. The van der Waals surface area contributed by atoms with Gasteiger partial charge < -0.3 is 16.0 Å². The van der Waals surface area contributed by atoms with Crippen molar-refractivity contribution in [1.82, 2.24) is 15.3 Å². The smallest absolute Gasteiger partial charge is 0.227 e. The molecule has 0 spiro atoms. The third kappa shape index (κ3) is 2.07. The average molecular weight is 233 g/mol. The summed E-state index contributed by atoms with van der Waals surface area (Å²) >= 11 is 0. The molecule has 2 heterocycles. The van der Waals surface area contributed by atoms with Crippen molar-refractivity contribution in [1.29, 1.82) is 0 Å². The standard InChI is InChI=1S/C12H19N5/c13-11-9-3-1-2-4-10(9)15-12(16-11)17-7-5-14-6-8-17/h14H,1-8H2,(H2,13,15,16). The van der Waals surface area contributed by atoms with Gasteiger partial charge in [-0.2, -0.15) is 4.98 Å². The second kappa shape index (κ2) is 4.49. The molecule has 0 bridgehead atoms. The molecule has 1 aromatic rings. The van der Waals surface area contributed by atoms with Crippen LogP contribution < -0.4 is 16.0 Å². The number of aromatic nitrogens is 2. The lowest BCUT2D eigenvalue weighted by atomic mass is 9.96. The molecule has 0 unspecified atom stereocenters. The van der Waals surface area contributed by atoms with Gasteiger partial charge in [0, 0.05) is 31.7 Å². The SMILES string of the molecule is Nc1nc(N2CCNCC2)nc2c1CCCC2. The molecule has 5 nitrogen and oxygen atoms in total. The lowest BCUT2D eigenvalue weighted by Crippen LogP contribution is -2.44. The van der Waals surface area contributed by atoms with E-state index in [1.807, 2.05) is 0 Å². The van der Waals surface area contributed by atoms with Gasteiger partial charge in [-0.1, -0.05) is 0 Å². The van der Waals surface area contributed by atoms with E-state index in [1.165, 1.54) is 24.1 Å². The summed E-state index contributed by atoms with van der Waals surface area (Å²) in [6, 6.07) is 0. The molecule has 0 radical (unpaired) electrons. The van der Waals surface area contributed by atoms with Crippen LogP contribution >= 0.6 is 0 Å². The van der Waals surface area contributed by atoms with Gasteiger partial charge in [0.15, 0.2) is 0 Å². The summed E-state index contributed by atoms with van der Waals surface area (Å²) in [4.78, 5) is 11.4. The van der Waals surface area contributed by atoms with Crippen LogP contribution in [0.15, 0.2) is 0 Å². The fraction of sp³-hybridized carbons (Fsp3) is 0.667. The molecule has 3 rings (SSSR count). The lowest BCUT2D eigenvalue weighted by molar-refractivity contribution is 0.576. The largest absolute Gasteiger partial charge is 0.383 e. The summed E-state index contributed by atoms with van der Waals surface area (Å²) in [5, 5.41) is 3.33. The molecule has 1 fully saturated rings. The predicted molar refractivity (Wildman–Crippen MR) is 68.2 cm³/mol. The van der Waals surface area contributed by atoms with Crippen LogP contribution in [0.4, 0.5) is 11.8 Å². The van der Waals surface area contributed by atoms with Gasteiger partial charge in [0.25, 0.3) is 0 Å². The zero-order chi connectivity index (χ0) is 11.7. The minimum Gasteiger partial charge on any atom is -0.383 e. The van der Waals surface area contributed by atoms with Crippen LogP contribution in [0.25, 0.3) is 0 Å². The molecule has 2 aliphatic rings. The third-order valence-electron chi connectivity index (χ3n) is 3.60. The van der Waals surface area contributed by atoms with E-state index in [2.05, 4.69) is 15.2 Å². The quantitative estimate of drug-likeness (QED) is 0.732. The fourth-order valence-electron chi connectivity index (χ4n) is 2.62. The number of piperazine rings is 1. The van der Waals surface area contributed by atoms with Crippen LogP contribution in [0.3, 0.4) is 0 Å². The highest BCUT2D eigenvalue weighted by atomic mass is 15.3. The van der Waals surface area contributed by atoms with Gasteiger partial charge in [-0.15, -0.1) is 0 Å². The molecule has 0 aromatic carbocycles. The molecular weight excluding hydrogens is 214 g/mol. The van der Waals surface area contributed by atoms with Crippen molar-refractivity contribution in [3.8, 4) is 0 Å². The normalized spacial score (nSPS) is 20.1. The Kier molecular flexibility index (Phi) is 2.84. The highest BCUT2D eigenvalue weighted by Crippen LogP contribution is 2.25. The van der Waals surface area contributed by atoms with Gasteiger partial charge in [-0.25, -0.2) is 4.98 Å². The zero-order valence-electron chi connectivity index (χ0n) is 10.1. The van der Waals surface area contributed by atoms with Gasteiger partial charge in [0.2, 0.25) is 5.95 Å². The minimum atomic E-state index is 0.697. The Bertz CT molecular complexity index is 412. The maximum atomic E-state index is 6.06. The molecule has 0 atom stereocenters. The lowest BCUT2D eigenvalue weighted by Gasteiger charge is -2.28. The number of nitrogens with one attached hydrogen (secondary N) is 1. The predicted octanol–water partition coefficient (Wildman–Crippen LogP) is 0.347. The Morgan fingerprint density at radius 1 is 1.06 bits per heavy atom. The number of nitrogens with two attached hydrogens (primary N) is 1. The summed E-state index contributed by atoms with van der Waals surface area (Å²) in [5.41, 5.74) is 8.42. The van der Waals surface area contributed by atoms with Gasteiger partial charge in [-0.05, 0) is 25.7 Å². The molecule has 92 valence electrons. The highest BCUT2D eigenvalue weighted by Gasteiger charge is 2.19. The first-order chi connectivity index (χ1) is 8.34.